The van der Waals surface area contributed by atoms with Crippen LogP contribution in [-0.2, 0) is 15.7 Å². The van der Waals surface area contributed by atoms with Crippen LogP contribution in [0.15, 0.2) is 18.2 Å². The quantitative estimate of drug-likeness (QED) is 0.555. The highest BCUT2D eigenvalue weighted by Gasteiger charge is 2.37. The van der Waals surface area contributed by atoms with E-state index in [1.165, 1.54) is 19.1 Å². The number of hydrogen-bond donors (Lipinski definition) is 2. The molecule has 0 bridgehead atoms. The first-order valence-electron chi connectivity index (χ1n) is 13.2. The minimum Gasteiger partial charge on any atom is -0.444 e. The van der Waals surface area contributed by atoms with Crippen molar-refractivity contribution >= 4 is 17.7 Å². The minimum atomic E-state index is -4.75. The van der Waals surface area contributed by atoms with E-state index < -0.39 is 34.4 Å². The summed E-state index contributed by atoms with van der Waals surface area (Å²) in [5.41, 5.74) is -4.18. The van der Waals surface area contributed by atoms with Crippen LogP contribution < -0.4 is 5.32 Å². The molecule has 1 aromatic rings. The highest BCUT2D eigenvalue weighted by Crippen LogP contribution is 2.33. The van der Waals surface area contributed by atoms with Crippen LogP contribution in [0, 0.1) is 17.2 Å². The maximum atomic E-state index is 13.2. The molecule has 2 aliphatic rings. The number of ether oxygens (including phenoxy) is 1. The molecule has 0 saturated carbocycles. The Hall–Kier alpha value is -2.88. The third-order valence-electron chi connectivity index (χ3n) is 6.97. The normalized spacial score (nSPS) is 19.7. The second-order valence-corrected chi connectivity index (χ2v) is 11.6. The molecule has 3 rings (SSSR count). The highest BCUT2D eigenvalue weighted by atomic mass is 19.4. The fourth-order valence-electron chi connectivity index (χ4n) is 4.85. The zero-order valence-electron chi connectivity index (χ0n) is 23.0. The molecule has 2 aliphatic heterocycles. The first-order chi connectivity index (χ1) is 18.1. The number of carbonyl (C=O) groups is 2. The number of carbonyl (C=O) groups excluding carboxylic acids is 2. The fraction of sp³-hybridized carbons (Fsp3) is 0.667. The Bertz CT molecular complexity index is 1060. The van der Waals surface area contributed by atoms with Gasteiger partial charge in [0, 0.05) is 58.0 Å². The first kappa shape index (κ1) is 30.7. The molecule has 0 aliphatic carbocycles. The van der Waals surface area contributed by atoms with E-state index in [0.717, 1.165) is 38.5 Å². The van der Waals surface area contributed by atoms with Crippen molar-refractivity contribution in [2.75, 3.05) is 57.7 Å². The van der Waals surface area contributed by atoms with Crippen molar-refractivity contribution in [3.05, 3.63) is 29.3 Å². The largest absolute Gasteiger partial charge is 0.444 e. The van der Waals surface area contributed by atoms with Crippen molar-refractivity contribution in [2.45, 2.75) is 57.9 Å². The van der Waals surface area contributed by atoms with Gasteiger partial charge in [0.15, 0.2) is 5.60 Å². The molecule has 2 amide bonds. The van der Waals surface area contributed by atoms with Crippen molar-refractivity contribution in [1.29, 1.82) is 5.26 Å². The van der Waals surface area contributed by atoms with Gasteiger partial charge >= 0.3 is 12.3 Å². The zero-order chi connectivity index (χ0) is 29.0. The van der Waals surface area contributed by atoms with Gasteiger partial charge < -0.3 is 25.0 Å². The Kier molecular flexibility index (Phi) is 9.51. The number of nitrogens with zero attached hydrogens (tertiary/aromatic N) is 4. The summed E-state index contributed by atoms with van der Waals surface area (Å²) >= 11 is 0. The lowest BCUT2D eigenvalue weighted by Gasteiger charge is -2.40. The van der Waals surface area contributed by atoms with Crippen LogP contribution in [-0.4, -0.2) is 95.4 Å². The third-order valence-corrected chi connectivity index (χ3v) is 6.97. The summed E-state index contributed by atoms with van der Waals surface area (Å²) in [7, 11) is 0. The molecule has 39 heavy (non-hydrogen) atoms. The van der Waals surface area contributed by atoms with Gasteiger partial charge in [-0.1, -0.05) is 0 Å². The Morgan fingerprint density at radius 3 is 2.18 bits per heavy atom. The molecule has 1 aromatic carbocycles. The number of piperazine rings is 1. The minimum absolute atomic E-state index is 0.0311. The number of alkyl halides is 3. The second-order valence-electron chi connectivity index (χ2n) is 11.6. The molecule has 2 fully saturated rings. The van der Waals surface area contributed by atoms with Crippen LogP contribution in [0.2, 0.25) is 0 Å². The number of nitrogens with one attached hydrogen (secondary N) is 1. The topological polar surface area (TPSA) is 109 Å². The molecule has 0 spiro atoms. The predicted octanol–water partition coefficient (Wildman–Crippen LogP) is 3.53. The summed E-state index contributed by atoms with van der Waals surface area (Å²) in [5.74, 6) is -0.349. The molecule has 0 radical (unpaired) electrons. The van der Waals surface area contributed by atoms with E-state index in [-0.39, 0.29) is 18.3 Å². The van der Waals surface area contributed by atoms with Gasteiger partial charge in [0.05, 0.1) is 17.2 Å². The van der Waals surface area contributed by atoms with E-state index >= 15 is 0 Å². The van der Waals surface area contributed by atoms with Crippen LogP contribution in [0.3, 0.4) is 0 Å². The number of aliphatic hydroxyl groups is 1. The van der Waals surface area contributed by atoms with E-state index in [1.807, 2.05) is 25.7 Å². The van der Waals surface area contributed by atoms with Crippen LogP contribution >= 0.6 is 0 Å². The average molecular weight is 554 g/mol. The van der Waals surface area contributed by atoms with Crippen LogP contribution in [0.25, 0.3) is 0 Å². The van der Waals surface area contributed by atoms with E-state index in [9.17, 15) is 27.9 Å². The highest BCUT2D eigenvalue weighted by molar-refractivity contribution is 5.97. The Labute approximate surface area is 227 Å². The van der Waals surface area contributed by atoms with Crippen molar-refractivity contribution in [1.82, 2.24) is 14.7 Å². The molecule has 0 aromatic heterocycles. The molecule has 2 heterocycles. The monoisotopic (exact) mass is 553 g/mol. The summed E-state index contributed by atoms with van der Waals surface area (Å²) in [5, 5.41) is 22.1. The van der Waals surface area contributed by atoms with Gasteiger partial charge in [0.2, 0.25) is 0 Å². The standard InChI is InChI=1S/C27H38F3N5O4/c1-25(2,3)39-24(37)35-9-7-19(8-10-35)17-33-11-13-34(14-12-33)18-26(4,38)23(36)32-21-6-5-20(16-31)22(15-21)27(28,29)30/h5-6,15,19,38H,7-14,17-18H2,1-4H3,(H,32,36). The molecule has 9 nitrogen and oxygen atoms in total. The maximum Gasteiger partial charge on any atom is 0.417 e. The van der Waals surface area contributed by atoms with E-state index in [0.29, 0.717) is 38.2 Å². The first-order valence-corrected chi connectivity index (χ1v) is 13.2. The van der Waals surface area contributed by atoms with Crippen LogP contribution in [0.5, 0.6) is 0 Å². The van der Waals surface area contributed by atoms with Gasteiger partial charge in [0.25, 0.3) is 5.91 Å². The van der Waals surface area contributed by atoms with Gasteiger partial charge in [0.1, 0.15) is 5.60 Å². The summed E-state index contributed by atoms with van der Waals surface area (Å²) in [6.07, 6.45) is -3.21. The molecule has 2 N–H and O–H groups in total. The summed E-state index contributed by atoms with van der Waals surface area (Å²) in [4.78, 5) is 31.1. The predicted molar refractivity (Wildman–Crippen MR) is 139 cm³/mol. The maximum absolute atomic E-state index is 13.2. The van der Waals surface area contributed by atoms with Crippen molar-refractivity contribution < 1.29 is 32.6 Å². The lowest BCUT2D eigenvalue weighted by molar-refractivity contribution is -0.138. The van der Waals surface area contributed by atoms with Crippen LogP contribution in [0.1, 0.15) is 51.7 Å². The number of amides is 2. The van der Waals surface area contributed by atoms with Crippen molar-refractivity contribution in [3.8, 4) is 6.07 Å². The Balaban J connectivity index is 1.45. The van der Waals surface area contributed by atoms with Crippen LogP contribution in [0.4, 0.5) is 23.7 Å². The fourth-order valence-corrected chi connectivity index (χ4v) is 4.85. The molecule has 2 saturated heterocycles. The number of nitriles is 1. The smallest absolute Gasteiger partial charge is 0.417 e. The lowest BCUT2D eigenvalue weighted by Crippen LogP contribution is -2.55. The van der Waals surface area contributed by atoms with Gasteiger partial charge in [-0.25, -0.2) is 4.79 Å². The molecular formula is C27H38F3N5O4. The number of likely N-dealkylation sites (tertiary alicyclic amines) is 1. The molecule has 1 atom stereocenters. The van der Waals surface area contributed by atoms with Gasteiger partial charge in [-0.05, 0) is 64.7 Å². The molecule has 12 heteroatoms. The van der Waals surface area contributed by atoms with E-state index in [2.05, 4.69) is 10.2 Å². The Morgan fingerprint density at radius 1 is 1.05 bits per heavy atom. The van der Waals surface area contributed by atoms with Gasteiger partial charge in [-0.2, -0.15) is 18.4 Å². The summed E-state index contributed by atoms with van der Waals surface area (Å²) < 4.78 is 45.2. The molecule has 216 valence electrons. The molecular weight excluding hydrogens is 515 g/mol. The zero-order valence-corrected chi connectivity index (χ0v) is 23.0. The number of hydrogen-bond acceptors (Lipinski definition) is 7. The van der Waals surface area contributed by atoms with Gasteiger partial charge in [-0.3, -0.25) is 9.69 Å². The van der Waals surface area contributed by atoms with Crippen molar-refractivity contribution in [3.63, 3.8) is 0 Å². The SMILES string of the molecule is CC(C)(C)OC(=O)N1CCC(CN2CCN(CC(C)(O)C(=O)Nc3ccc(C#N)c(C(F)(F)F)c3)CC2)CC1. The van der Waals surface area contributed by atoms with Gasteiger partial charge in [-0.15, -0.1) is 0 Å². The molecule has 1 unspecified atom stereocenters. The van der Waals surface area contributed by atoms with E-state index in [1.54, 1.807) is 4.90 Å². The lowest BCUT2D eigenvalue weighted by atomic mass is 9.96. The second kappa shape index (κ2) is 12.1. The number of piperidine rings is 1. The number of rotatable bonds is 6. The number of halogens is 3. The number of anilines is 1. The number of β-amino-alcohol motifs (C(OH)–C–C–N with tert-alkyl or cyclic N) is 1. The summed E-state index contributed by atoms with van der Waals surface area (Å²) in [6.45, 7) is 12.0. The third kappa shape index (κ3) is 8.81. The Morgan fingerprint density at radius 2 is 1.64 bits per heavy atom. The van der Waals surface area contributed by atoms with E-state index in [4.69, 9.17) is 10.00 Å². The van der Waals surface area contributed by atoms with Crippen molar-refractivity contribution in [2.24, 2.45) is 5.92 Å². The number of benzene rings is 1. The average Bonchev–Trinajstić information content (AvgIpc) is 2.84. The summed E-state index contributed by atoms with van der Waals surface area (Å²) in [6, 6.07) is 4.39.